The standard InChI is InChI=1S/C29H36F2N4O2/c1-28(2,3)27(36)37-18-35-17-33-26(34-35)20-8-6-7-19(15-20)22-9-10-24(30)23(25(22)31)16-32-21-11-13-29(4,5)14-12-21/h6-10,15,17,21,32H,11-14,16,18H2,1-5H3. The molecule has 1 aliphatic rings. The Morgan fingerprint density at radius 1 is 1.14 bits per heavy atom. The number of hydrogen-bond acceptors (Lipinski definition) is 5. The van der Waals surface area contributed by atoms with Crippen LogP contribution in [-0.4, -0.2) is 26.8 Å². The molecule has 0 saturated heterocycles. The molecule has 3 aromatic rings. The Morgan fingerprint density at radius 2 is 1.84 bits per heavy atom. The Kier molecular flexibility index (Phi) is 7.78. The van der Waals surface area contributed by atoms with Crippen LogP contribution in [0.25, 0.3) is 22.5 Å². The summed E-state index contributed by atoms with van der Waals surface area (Å²) in [5, 5.41) is 7.75. The molecular formula is C29H36F2N4O2. The lowest BCUT2D eigenvalue weighted by Crippen LogP contribution is -2.35. The van der Waals surface area contributed by atoms with Gasteiger partial charge in [0.1, 0.15) is 18.0 Å². The summed E-state index contributed by atoms with van der Waals surface area (Å²) in [5.41, 5.74) is 1.37. The van der Waals surface area contributed by atoms with Crippen molar-refractivity contribution in [1.82, 2.24) is 20.1 Å². The number of nitrogens with zero attached hydrogens (tertiary/aromatic N) is 3. The molecule has 0 radical (unpaired) electrons. The first-order chi connectivity index (χ1) is 17.4. The van der Waals surface area contributed by atoms with Crippen molar-refractivity contribution in [3.05, 3.63) is 59.9 Å². The topological polar surface area (TPSA) is 69.0 Å². The van der Waals surface area contributed by atoms with E-state index >= 15 is 4.39 Å². The predicted molar refractivity (Wildman–Crippen MR) is 139 cm³/mol. The average Bonchev–Trinajstić information content (AvgIpc) is 3.32. The molecule has 1 fully saturated rings. The molecule has 1 N–H and O–H groups in total. The highest BCUT2D eigenvalue weighted by molar-refractivity contribution is 5.75. The Morgan fingerprint density at radius 3 is 2.54 bits per heavy atom. The SMILES string of the molecule is CC1(C)CCC(NCc2c(F)ccc(-c3cccc(-c4ncn(COC(=O)C(C)(C)C)n4)c3)c2F)CC1. The second-order valence-electron chi connectivity index (χ2n) is 11.7. The number of halogens is 2. The van der Waals surface area contributed by atoms with Crippen molar-refractivity contribution >= 4 is 5.97 Å². The van der Waals surface area contributed by atoms with Crippen LogP contribution in [0, 0.1) is 22.5 Å². The Balaban J connectivity index is 1.49. The van der Waals surface area contributed by atoms with Gasteiger partial charge >= 0.3 is 5.97 Å². The van der Waals surface area contributed by atoms with E-state index in [0.717, 1.165) is 25.7 Å². The van der Waals surface area contributed by atoms with Crippen LogP contribution in [0.3, 0.4) is 0 Å². The van der Waals surface area contributed by atoms with Gasteiger partial charge in [-0.25, -0.2) is 18.4 Å². The van der Waals surface area contributed by atoms with Crippen molar-refractivity contribution in [2.45, 2.75) is 79.6 Å². The van der Waals surface area contributed by atoms with Crippen LogP contribution in [0.1, 0.15) is 65.9 Å². The lowest BCUT2D eigenvalue weighted by molar-refractivity contribution is -0.157. The van der Waals surface area contributed by atoms with E-state index in [2.05, 4.69) is 29.2 Å². The number of ether oxygens (including phenoxy) is 1. The summed E-state index contributed by atoms with van der Waals surface area (Å²) in [5.74, 6) is -1.03. The normalized spacial score (nSPS) is 16.1. The molecule has 6 nitrogen and oxygen atoms in total. The molecule has 4 rings (SSSR count). The monoisotopic (exact) mass is 510 g/mol. The van der Waals surface area contributed by atoms with Crippen LogP contribution in [0.2, 0.25) is 0 Å². The van der Waals surface area contributed by atoms with Gasteiger partial charge in [0, 0.05) is 29.3 Å². The first-order valence-corrected chi connectivity index (χ1v) is 12.8. The van der Waals surface area contributed by atoms with Crippen LogP contribution in [0.5, 0.6) is 0 Å². The predicted octanol–water partition coefficient (Wildman–Crippen LogP) is 6.50. The Hall–Kier alpha value is -3.13. The summed E-state index contributed by atoms with van der Waals surface area (Å²) in [6.45, 7) is 9.96. The van der Waals surface area contributed by atoms with Gasteiger partial charge in [-0.3, -0.25) is 4.79 Å². The van der Waals surface area contributed by atoms with Gasteiger partial charge in [-0.15, -0.1) is 5.10 Å². The summed E-state index contributed by atoms with van der Waals surface area (Å²) in [7, 11) is 0. The van der Waals surface area contributed by atoms with Gasteiger partial charge in [-0.2, -0.15) is 0 Å². The highest BCUT2D eigenvalue weighted by atomic mass is 19.1. The minimum atomic E-state index is -0.612. The van der Waals surface area contributed by atoms with Crippen LogP contribution in [-0.2, 0) is 22.8 Å². The van der Waals surface area contributed by atoms with Gasteiger partial charge in [-0.05, 0) is 75.6 Å². The van der Waals surface area contributed by atoms with E-state index in [0.29, 0.717) is 27.9 Å². The van der Waals surface area contributed by atoms with E-state index in [1.54, 1.807) is 39.0 Å². The third-order valence-corrected chi connectivity index (χ3v) is 7.00. The average molecular weight is 511 g/mol. The number of aromatic nitrogens is 3. The maximum atomic E-state index is 15.5. The minimum Gasteiger partial charge on any atom is -0.442 e. The molecule has 0 unspecified atom stereocenters. The highest BCUT2D eigenvalue weighted by Gasteiger charge is 2.27. The maximum absolute atomic E-state index is 15.5. The third-order valence-electron chi connectivity index (χ3n) is 7.00. The smallest absolute Gasteiger partial charge is 0.313 e. The molecule has 2 aromatic carbocycles. The van der Waals surface area contributed by atoms with Crippen molar-refractivity contribution in [3.63, 3.8) is 0 Å². The molecule has 1 heterocycles. The summed E-state index contributed by atoms with van der Waals surface area (Å²) in [6, 6.07) is 10.2. The minimum absolute atomic E-state index is 0.0514. The van der Waals surface area contributed by atoms with Crippen molar-refractivity contribution in [1.29, 1.82) is 0 Å². The summed E-state index contributed by atoms with van der Waals surface area (Å²) >= 11 is 0. The number of benzene rings is 2. The molecular weight excluding hydrogens is 474 g/mol. The zero-order chi connectivity index (χ0) is 26.8. The van der Waals surface area contributed by atoms with Crippen molar-refractivity contribution in [2.75, 3.05) is 0 Å². The van der Waals surface area contributed by atoms with E-state index < -0.39 is 17.0 Å². The number of carbonyl (C=O) groups is 1. The molecule has 0 bridgehead atoms. The third kappa shape index (κ3) is 6.60. The summed E-state index contributed by atoms with van der Waals surface area (Å²) in [4.78, 5) is 16.3. The second kappa shape index (κ2) is 10.7. The maximum Gasteiger partial charge on any atom is 0.313 e. The van der Waals surface area contributed by atoms with E-state index in [-0.39, 0.29) is 30.9 Å². The van der Waals surface area contributed by atoms with Crippen LogP contribution in [0.15, 0.2) is 42.7 Å². The van der Waals surface area contributed by atoms with Gasteiger partial charge in [0.05, 0.1) is 5.41 Å². The number of nitrogens with one attached hydrogen (secondary N) is 1. The molecule has 1 saturated carbocycles. The van der Waals surface area contributed by atoms with Crippen molar-refractivity contribution in [3.8, 4) is 22.5 Å². The van der Waals surface area contributed by atoms with Gasteiger partial charge in [0.25, 0.3) is 0 Å². The van der Waals surface area contributed by atoms with Crippen molar-refractivity contribution < 1.29 is 18.3 Å². The van der Waals surface area contributed by atoms with E-state index in [1.165, 1.54) is 23.1 Å². The van der Waals surface area contributed by atoms with Crippen LogP contribution < -0.4 is 5.32 Å². The molecule has 8 heteroatoms. The lowest BCUT2D eigenvalue weighted by atomic mass is 9.75. The van der Waals surface area contributed by atoms with E-state index in [9.17, 15) is 9.18 Å². The molecule has 1 aromatic heterocycles. The zero-order valence-electron chi connectivity index (χ0n) is 22.3. The van der Waals surface area contributed by atoms with Gasteiger partial charge < -0.3 is 10.1 Å². The first kappa shape index (κ1) is 26.9. The zero-order valence-corrected chi connectivity index (χ0v) is 22.3. The molecule has 0 spiro atoms. The van der Waals surface area contributed by atoms with Crippen LogP contribution in [0.4, 0.5) is 8.78 Å². The number of hydrogen-bond donors (Lipinski definition) is 1. The first-order valence-electron chi connectivity index (χ1n) is 12.8. The highest BCUT2D eigenvalue weighted by Crippen LogP contribution is 2.35. The number of esters is 1. The van der Waals surface area contributed by atoms with E-state index in [1.807, 2.05) is 6.07 Å². The Bertz CT molecular complexity index is 1250. The molecule has 37 heavy (non-hydrogen) atoms. The molecule has 0 aliphatic heterocycles. The van der Waals surface area contributed by atoms with Gasteiger partial charge in [0.15, 0.2) is 12.6 Å². The lowest BCUT2D eigenvalue weighted by Gasteiger charge is -2.34. The summed E-state index contributed by atoms with van der Waals surface area (Å²) < 4.78 is 36.9. The fraction of sp³-hybridized carbons (Fsp3) is 0.483. The Labute approximate surface area is 217 Å². The molecule has 0 atom stereocenters. The second-order valence-corrected chi connectivity index (χ2v) is 11.7. The van der Waals surface area contributed by atoms with Gasteiger partial charge in [-0.1, -0.05) is 32.0 Å². The van der Waals surface area contributed by atoms with E-state index in [4.69, 9.17) is 4.74 Å². The van der Waals surface area contributed by atoms with Crippen molar-refractivity contribution in [2.24, 2.45) is 10.8 Å². The fourth-order valence-corrected chi connectivity index (χ4v) is 4.49. The van der Waals surface area contributed by atoms with Gasteiger partial charge in [0.2, 0.25) is 0 Å². The summed E-state index contributed by atoms with van der Waals surface area (Å²) in [6.07, 6.45) is 5.70. The fourth-order valence-electron chi connectivity index (χ4n) is 4.49. The van der Waals surface area contributed by atoms with Crippen LogP contribution >= 0.6 is 0 Å². The number of carbonyl (C=O) groups excluding carboxylic acids is 1. The molecule has 198 valence electrons. The largest absolute Gasteiger partial charge is 0.442 e. The molecule has 0 amide bonds. The molecule has 1 aliphatic carbocycles. The number of rotatable bonds is 7. The quantitative estimate of drug-likeness (QED) is 0.368.